The predicted octanol–water partition coefficient (Wildman–Crippen LogP) is 0.0910. The number of hydrogen-bond donors (Lipinski definition) is 3. The second-order valence-corrected chi connectivity index (χ2v) is 4.45. The molecule has 2 unspecified atom stereocenters. The van der Waals surface area contributed by atoms with Crippen LogP contribution in [0.5, 0.6) is 0 Å². The number of amides is 1. The van der Waals surface area contributed by atoms with Gasteiger partial charge in [0.05, 0.1) is 4.88 Å². The zero-order valence-electron chi connectivity index (χ0n) is 8.71. The van der Waals surface area contributed by atoms with Crippen LogP contribution in [0.25, 0.3) is 0 Å². The van der Waals surface area contributed by atoms with Gasteiger partial charge in [0.1, 0.15) is 12.2 Å². The molecule has 0 aromatic carbocycles. The molecule has 0 radical (unpaired) electrons. The van der Waals surface area contributed by atoms with E-state index in [4.69, 9.17) is 0 Å². The van der Waals surface area contributed by atoms with Crippen molar-refractivity contribution in [1.29, 1.82) is 0 Å². The molecule has 1 aromatic rings. The van der Waals surface area contributed by atoms with Gasteiger partial charge < -0.3 is 15.5 Å². The summed E-state index contributed by atoms with van der Waals surface area (Å²) < 4.78 is 0. The molecule has 1 aromatic heterocycles. The van der Waals surface area contributed by atoms with E-state index in [9.17, 15) is 19.8 Å². The summed E-state index contributed by atoms with van der Waals surface area (Å²) in [6.07, 6.45) is -1.49. The van der Waals surface area contributed by atoms with Crippen LogP contribution in [-0.2, 0) is 4.79 Å². The Balaban J connectivity index is 2.58. The van der Waals surface area contributed by atoms with Gasteiger partial charge in [0.15, 0.2) is 6.29 Å². The van der Waals surface area contributed by atoms with Gasteiger partial charge >= 0.3 is 0 Å². The molecule has 0 bridgehead atoms. The molecule has 0 aliphatic heterocycles. The van der Waals surface area contributed by atoms with Gasteiger partial charge in [-0.1, -0.05) is 0 Å². The number of aldehydes is 1. The van der Waals surface area contributed by atoms with E-state index >= 15 is 0 Å². The third kappa shape index (κ3) is 3.41. The maximum Gasteiger partial charge on any atom is 0.216 e. The smallest absolute Gasteiger partial charge is 0.216 e. The first-order chi connectivity index (χ1) is 7.54. The van der Waals surface area contributed by atoms with Gasteiger partial charge in [0, 0.05) is 18.3 Å². The van der Waals surface area contributed by atoms with E-state index < -0.39 is 12.2 Å². The van der Waals surface area contributed by atoms with Gasteiger partial charge in [-0.15, -0.1) is 11.3 Å². The lowest BCUT2D eigenvalue weighted by Crippen LogP contribution is -2.33. The predicted molar refractivity (Wildman–Crippen MR) is 59.4 cm³/mol. The van der Waals surface area contributed by atoms with Crippen molar-refractivity contribution in [2.24, 2.45) is 0 Å². The topological polar surface area (TPSA) is 86.6 Å². The van der Waals surface area contributed by atoms with E-state index in [-0.39, 0.29) is 12.5 Å². The zero-order valence-corrected chi connectivity index (χ0v) is 9.53. The molecule has 0 saturated carbocycles. The van der Waals surface area contributed by atoms with E-state index in [1.54, 1.807) is 12.1 Å². The van der Waals surface area contributed by atoms with Crippen molar-refractivity contribution in [3.63, 3.8) is 0 Å². The molecule has 0 saturated heterocycles. The van der Waals surface area contributed by atoms with Gasteiger partial charge in [0.2, 0.25) is 5.91 Å². The molecular formula is C10H13NO4S. The van der Waals surface area contributed by atoms with Crippen molar-refractivity contribution in [3.8, 4) is 0 Å². The molecule has 16 heavy (non-hydrogen) atoms. The average Bonchev–Trinajstić information content (AvgIpc) is 2.73. The summed E-state index contributed by atoms with van der Waals surface area (Å²) in [6, 6.07) is 3.15. The van der Waals surface area contributed by atoms with Crippen molar-refractivity contribution in [2.45, 2.75) is 19.1 Å². The van der Waals surface area contributed by atoms with Crippen molar-refractivity contribution < 1.29 is 19.8 Å². The number of hydrogen-bond acceptors (Lipinski definition) is 5. The Morgan fingerprint density at radius 3 is 2.75 bits per heavy atom. The van der Waals surface area contributed by atoms with Gasteiger partial charge in [-0.25, -0.2) is 0 Å². The van der Waals surface area contributed by atoms with E-state index in [0.717, 1.165) is 11.3 Å². The van der Waals surface area contributed by atoms with Gasteiger partial charge in [0.25, 0.3) is 0 Å². The SMILES string of the molecule is CC(=O)NCC(O)C(O)c1ccc(C=O)s1. The lowest BCUT2D eigenvalue weighted by Gasteiger charge is -2.16. The molecule has 5 nitrogen and oxygen atoms in total. The summed E-state index contributed by atoms with van der Waals surface area (Å²) in [5, 5.41) is 21.7. The van der Waals surface area contributed by atoms with Crippen molar-refractivity contribution in [2.75, 3.05) is 6.54 Å². The molecule has 0 aliphatic rings. The van der Waals surface area contributed by atoms with Crippen LogP contribution >= 0.6 is 11.3 Å². The molecule has 1 rings (SSSR count). The standard InChI is InChI=1S/C10H13NO4S/c1-6(13)11-4-8(14)10(15)9-3-2-7(5-12)16-9/h2-3,5,8,10,14-15H,4H2,1H3,(H,11,13). The molecule has 6 heteroatoms. The van der Waals surface area contributed by atoms with Crippen molar-refractivity contribution >= 4 is 23.5 Å². The zero-order chi connectivity index (χ0) is 12.1. The molecule has 88 valence electrons. The molecule has 1 heterocycles. The first-order valence-electron chi connectivity index (χ1n) is 4.70. The Hall–Kier alpha value is -1.24. The van der Waals surface area contributed by atoms with Crippen LogP contribution in [0.15, 0.2) is 12.1 Å². The quantitative estimate of drug-likeness (QED) is 0.640. The first-order valence-corrected chi connectivity index (χ1v) is 5.51. The number of thiophene rings is 1. The first kappa shape index (κ1) is 12.8. The van der Waals surface area contributed by atoms with Crippen molar-refractivity contribution in [1.82, 2.24) is 5.32 Å². The summed E-state index contributed by atoms with van der Waals surface area (Å²) in [6.45, 7) is 1.31. The third-order valence-corrected chi connectivity index (χ3v) is 3.06. The average molecular weight is 243 g/mol. The Kier molecular flexibility index (Phi) is 4.60. The molecule has 1 amide bonds. The highest BCUT2D eigenvalue weighted by Crippen LogP contribution is 2.24. The molecule has 2 atom stereocenters. The highest BCUT2D eigenvalue weighted by atomic mass is 32.1. The third-order valence-electron chi connectivity index (χ3n) is 1.98. The Bertz CT molecular complexity index is 377. The summed E-state index contributed by atoms with van der Waals surface area (Å²) in [4.78, 5) is 22.0. The maximum absolute atomic E-state index is 10.6. The summed E-state index contributed by atoms with van der Waals surface area (Å²) in [5.74, 6) is -0.272. The highest BCUT2D eigenvalue weighted by Gasteiger charge is 2.20. The number of carbonyl (C=O) groups excluding carboxylic acids is 2. The van der Waals surface area contributed by atoms with Crippen LogP contribution in [0.2, 0.25) is 0 Å². The molecule has 0 fully saturated rings. The number of carbonyl (C=O) groups is 2. The molecule has 0 aliphatic carbocycles. The van der Waals surface area contributed by atoms with Gasteiger partial charge in [-0.2, -0.15) is 0 Å². The van der Waals surface area contributed by atoms with E-state index in [1.165, 1.54) is 6.92 Å². The largest absolute Gasteiger partial charge is 0.388 e. The minimum atomic E-state index is -1.09. The minimum absolute atomic E-state index is 0.0230. The fourth-order valence-corrected chi connectivity index (χ4v) is 2.01. The lowest BCUT2D eigenvalue weighted by molar-refractivity contribution is -0.119. The monoisotopic (exact) mass is 243 g/mol. The normalized spacial score (nSPS) is 14.2. The van der Waals surface area contributed by atoms with Crippen LogP contribution in [-0.4, -0.2) is 35.1 Å². The maximum atomic E-state index is 10.6. The van der Waals surface area contributed by atoms with Crippen LogP contribution in [0.4, 0.5) is 0 Å². The second kappa shape index (κ2) is 5.74. The fourth-order valence-electron chi connectivity index (χ4n) is 1.14. The minimum Gasteiger partial charge on any atom is -0.388 e. The van der Waals surface area contributed by atoms with E-state index in [1.807, 2.05) is 0 Å². The Morgan fingerprint density at radius 2 is 2.25 bits per heavy atom. The van der Waals surface area contributed by atoms with Crippen molar-refractivity contribution in [3.05, 3.63) is 21.9 Å². The van der Waals surface area contributed by atoms with Crippen LogP contribution in [0.3, 0.4) is 0 Å². The summed E-state index contributed by atoms with van der Waals surface area (Å²) in [5.41, 5.74) is 0. The Morgan fingerprint density at radius 1 is 1.56 bits per heavy atom. The fraction of sp³-hybridized carbons (Fsp3) is 0.400. The summed E-state index contributed by atoms with van der Waals surface area (Å²) >= 11 is 1.11. The van der Waals surface area contributed by atoms with Crippen LogP contribution in [0, 0.1) is 0 Å². The number of aliphatic hydroxyl groups excluding tert-OH is 2. The van der Waals surface area contributed by atoms with Gasteiger partial charge in [-0.3, -0.25) is 9.59 Å². The van der Waals surface area contributed by atoms with Gasteiger partial charge in [-0.05, 0) is 12.1 Å². The number of aliphatic hydroxyl groups is 2. The van der Waals surface area contributed by atoms with E-state index in [2.05, 4.69) is 5.32 Å². The second-order valence-electron chi connectivity index (χ2n) is 3.31. The Labute approximate surface area is 96.7 Å². The lowest BCUT2D eigenvalue weighted by atomic mass is 10.1. The van der Waals surface area contributed by atoms with Crippen LogP contribution < -0.4 is 5.32 Å². The number of nitrogens with one attached hydrogen (secondary N) is 1. The summed E-state index contributed by atoms with van der Waals surface area (Å²) in [7, 11) is 0. The number of rotatable bonds is 5. The molecule has 3 N–H and O–H groups in total. The highest BCUT2D eigenvalue weighted by molar-refractivity contribution is 7.13. The molecule has 0 spiro atoms. The van der Waals surface area contributed by atoms with E-state index in [0.29, 0.717) is 16.0 Å². The molecular weight excluding hydrogens is 230 g/mol. The van der Waals surface area contributed by atoms with Crippen LogP contribution in [0.1, 0.15) is 27.6 Å².